The number of amides is 1. The zero-order valence-electron chi connectivity index (χ0n) is 13.3. The maximum absolute atomic E-state index is 12.2. The quantitative estimate of drug-likeness (QED) is 0.818. The highest BCUT2D eigenvalue weighted by molar-refractivity contribution is 5.85. The number of ether oxygens (including phenoxy) is 1. The molecule has 2 saturated heterocycles. The van der Waals surface area contributed by atoms with E-state index in [9.17, 15) is 13.6 Å². The van der Waals surface area contributed by atoms with E-state index in [4.69, 9.17) is 0 Å². The van der Waals surface area contributed by atoms with E-state index in [-0.39, 0.29) is 24.1 Å². The molecule has 4 nitrogen and oxygen atoms in total. The van der Waals surface area contributed by atoms with Gasteiger partial charge in [-0.1, -0.05) is 12.1 Å². The van der Waals surface area contributed by atoms with Gasteiger partial charge in [0.2, 0.25) is 5.91 Å². The maximum Gasteiger partial charge on any atom is 0.387 e. The summed E-state index contributed by atoms with van der Waals surface area (Å²) in [6.07, 6.45) is 5.13. The first kappa shape index (κ1) is 18.9. The standard InChI is InChI=1S/C17H22F2N2O2.ClH/c18-17(19)23-15-3-1-2-11(8-15)10-20-16(22)9-12-6-13-4-5-14(7-12)21-13;/h1-3,8,12-14,17,21H,4-7,9-10H2,(H,20,22);1H. The number of halogens is 3. The molecule has 2 bridgehead atoms. The number of fused-ring (bicyclic) bond motifs is 2. The van der Waals surface area contributed by atoms with Crippen LogP contribution >= 0.6 is 12.4 Å². The molecular formula is C17H23ClF2N2O2. The van der Waals surface area contributed by atoms with Crippen molar-refractivity contribution >= 4 is 18.3 Å². The molecule has 1 aromatic carbocycles. The van der Waals surface area contributed by atoms with Crippen molar-refractivity contribution in [3.63, 3.8) is 0 Å². The van der Waals surface area contributed by atoms with Gasteiger partial charge in [0.15, 0.2) is 0 Å². The lowest BCUT2D eigenvalue weighted by Gasteiger charge is -2.28. The molecule has 0 saturated carbocycles. The molecule has 7 heteroatoms. The Morgan fingerprint density at radius 1 is 1.29 bits per heavy atom. The van der Waals surface area contributed by atoms with Crippen LogP contribution in [0.2, 0.25) is 0 Å². The van der Waals surface area contributed by atoms with Crippen LogP contribution < -0.4 is 15.4 Å². The van der Waals surface area contributed by atoms with Gasteiger partial charge in [-0.15, -0.1) is 12.4 Å². The molecule has 1 aromatic rings. The van der Waals surface area contributed by atoms with Crippen molar-refractivity contribution in [2.24, 2.45) is 5.92 Å². The summed E-state index contributed by atoms with van der Waals surface area (Å²) < 4.78 is 28.8. The van der Waals surface area contributed by atoms with E-state index in [2.05, 4.69) is 15.4 Å². The summed E-state index contributed by atoms with van der Waals surface area (Å²) in [6, 6.07) is 7.58. The third-order valence-corrected chi connectivity index (χ3v) is 4.66. The van der Waals surface area contributed by atoms with Crippen molar-refractivity contribution in [1.82, 2.24) is 10.6 Å². The van der Waals surface area contributed by atoms with Gasteiger partial charge in [0.05, 0.1) is 0 Å². The van der Waals surface area contributed by atoms with Crippen LogP contribution in [0, 0.1) is 5.92 Å². The van der Waals surface area contributed by atoms with E-state index in [1.54, 1.807) is 12.1 Å². The van der Waals surface area contributed by atoms with Crippen LogP contribution in [0.4, 0.5) is 8.78 Å². The summed E-state index contributed by atoms with van der Waals surface area (Å²) in [7, 11) is 0. The first-order valence-corrected chi connectivity index (χ1v) is 8.15. The number of hydrogen-bond acceptors (Lipinski definition) is 3. The summed E-state index contributed by atoms with van der Waals surface area (Å²) in [5.41, 5.74) is 0.752. The van der Waals surface area contributed by atoms with Crippen molar-refractivity contribution in [1.29, 1.82) is 0 Å². The number of carbonyl (C=O) groups is 1. The fourth-order valence-electron chi connectivity index (χ4n) is 3.71. The van der Waals surface area contributed by atoms with Gasteiger partial charge < -0.3 is 15.4 Å². The van der Waals surface area contributed by atoms with Crippen LogP contribution in [0.1, 0.15) is 37.7 Å². The Kier molecular flexibility index (Phi) is 6.80. The van der Waals surface area contributed by atoms with Crippen LogP contribution in [0.15, 0.2) is 24.3 Å². The Morgan fingerprint density at radius 2 is 2.00 bits per heavy atom. The highest BCUT2D eigenvalue weighted by Crippen LogP contribution is 2.32. The topological polar surface area (TPSA) is 50.4 Å². The third-order valence-electron chi connectivity index (χ3n) is 4.66. The number of nitrogens with one attached hydrogen (secondary N) is 2. The molecule has 134 valence electrons. The lowest BCUT2D eigenvalue weighted by molar-refractivity contribution is -0.122. The molecule has 0 radical (unpaired) electrons. The molecule has 2 atom stereocenters. The molecule has 2 aliphatic heterocycles. The molecule has 0 aromatic heterocycles. The summed E-state index contributed by atoms with van der Waals surface area (Å²) in [5, 5.41) is 6.44. The Morgan fingerprint density at radius 3 is 2.67 bits per heavy atom. The predicted octanol–water partition coefficient (Wildman–Crippen LogP) is 3.25. The third kappa shape index (κ3) is 5.31. The van der Waals surface area contributed by atoms with Crippen molar-refractivity contribution in [2.75, 3.05) is 0 Å². The highest BCUT2D eigenvalue weighted by atomic mass is 35.5. The zero-order chi connectivity index (χ0) is 16.2. The average Bonchev–Trinajstić information content (AvgIpc) is 2.84. The minimum atomic E-state index is -2.84. The zero-order valence-corrected chi connectivity index (χ0v) is 14.2. The Balaban J connectivity index is 0.00000208. The predicted molar refractivity (Wildman–Crippen MR) is 89.5 cm³/mol. The molecular weight excluding hydrogens is 338 g/mol. The Hall–Kier alpha value is -1.40. The normalized spacial score (nSPS) is 25.2. The number of hydrogen-bond donors (Lipinski definition) is 2. The van der Waals surface area contributed by atoms with E-state index < -0.39 is 6.61 Å². The van der Waals surface area contributed by atoms with E-state index >= 15 is 0 Å². The van der Waals surface area contributed by atoms with Crippen molar-refractivity contribution < 1.29 is 18.3 Å². The lowest BCUT2D eigenvalue weighted by atomic mass is 9.89. The molecule has 24 heavy (non-hydrogen) atoms. The summed E-state index contributed by atoms with van der Waals surface area (Å²) in [6.45, 7) is -2.51. The fourth-order valence-corrected chi connectivity index (χ4v) is 3.71. The summed E-state index contributed by atoms with van der Waals surface area (Å²) in [4.78, 5) is 12.1. The second kappa shape index (κ2) is 8.62. The van der Waals surface area contributed by atoms with Gasteiger partial charge in [0, 0.05) is 25.0 Å². The number of rotatable bonds is 6. The van der Waals surface area contributed by atoms with Gasteiger partial charge in [-0.2, -0.15) is 8.78 Å². The van der Waals surface area contributed by atoms with E-state index in [0.717, 1.165) is 18.4 Å². The van der Waals surface area contributed by atoms with Crippen LogP contribution in [0.5, 0.6) is 5.75 Å². The van der Waals surface area contributed by atoms with Crippen LogP contribution in [0.25, 0.3) is 0 Å². The second-order valence-corrected chi connectivity index (χ2v) is 6.48. The lowest BCUT2D eigenvalue weighted by Crippen LogP contribution is -2.39. The number of benzene rings is 1. The highest BCUT2D eigenvalue weighted by Gasteiger charge is 2.34. The van der Waals surface area contributed by atoms with E-state index in [1.165, 1.54) is 25.0 Å². The monoisotopic (exact) mass is 360 g/mol. The van der Waals surface area contributed by atoms with Gasteiger partial charge in [-0.3, -0.25) is 4.79 Å². The Labute approximate surface area is 146 Å². The number of piperidine rings is 1. The molecule has 0 aliphatic carbocycles. The largest absolute Gasteiger partial charge is 0.435 e. The first-order valence-electron chi connectivity index (χ1n) is 8.15. The van der Waals surface area contributed by atoms with Gasteiger partial charge in [-0.05, 0) is 49.3 Å². The Bertz CT molecular complexity index is 547. The SMILES string of the molecule is Cl.O=C(CC1CC2CCC(C1)N2)NCc1cccc(OC(F)F)c1. The number of alkyl halides is 2. The van der Waals surface area contributed by atoms with Gasteiger partial charge >= 0.3 is 6.61 Å². The molecule has 2 N–H and O–H groups in total. The first-order chi connectivity index (χ1) is 11.1. The minimum Gasteiger partial charge on any atom is -0.435 e. The van der Waals surface area contributed by atoms with Crippen LogP contribution in [-0.4, -0.2) is 24.6 Å². The molecule has 0 spiro atoms. The van der Waals surface area contributed by atoms with Gasteiger partial charge in [0.1, 0.15) is 5.75 Å². The van der Waals surface area contributed by atoms with Crippen molar-refractivity contribution in [2.45, 2.75) is 57.3 Å². The molecule has 3 rings (SSSR count). The molecule has 2 heterocycles. The van der Waals surface area contributed by atoms with E-state index in [0.29, 0.717) is 31.0 Å². The van der Waals surface area contributed by atoms with E-state index in [1.807, 2.05) is 0 Å². The molecule has 2 aliphatic rings. The van der Waals surface area contributed by atoms with Crippen LogP contribution in [0.3, 0.4) is 0 Å². The van der Waals surface area contributed by atoms with Crippen molar-refractivity contribution in [3.8, 4) is 5.75 Å². The van der Waals surface area contributed by atoms with Crippen molar-refractivity contribution in [3.05, 3.63) is 29.8 Å². The maximum atomic E-state index is 12.2. The second-order valence-electron chi connectivity index (χ2n) is 6.48. The average molecular weight is 361 g/mol. The summed E-state index contributed by atoms with van der Waals surface area (Å²) >= 11 is 0. The fraction of sp³-hybridized carbons (Fsp3) is 0.588. The smallest absolute Gasteiger partial charge is 0.387 e. The van der Waals surface area contributed by atoms with Crippen LogP contribution in [-0.2, 0) is 11.3 Å². The molecule has 2 unspecified atom stereocenters. The van der Waals surface area contributed by atoms with Gasteiger partial charge in [0.25, 0.3) is 0 Å². The molecule has 1 amide bonds. The molecule has 2 fully saturated rings. The minimum absolute atomic E-state index is 0. The number of carbonyl (C=O) groups excluding carboxylic acids is 1. The summed E-state index contributed by atoms with van der Waals surface area (Å²) in [5.74, 6) is 0.584. The van der Waals surface area contributed by atoms with Gasteiger partial charge in [-0.25, -0.2) is 0 Å².